The molecule has 0 aliphatic heterocycles. The number of rotatable bonds is 7. The van der Waals surface area contributed by atoms with Crippen molar-refractivity contribution >= 4 is 45.2 Å². The van der Waals surface area contributed by atoms with Crippen molar-refractivity contribution in [3.05, 3.63) is 52.0 Å². The van der Waals surface area contributed by atoms with Crippen LogP contribution in [0.5, 0.6) is 0 Å². The third-order valence-corrected chi connectivity index (χ3v) is 6.87. The van der Waals surface area contributed by atoms with Crippen molar-refractivity contribution in [1.82, 2.24) is 9.97 Å². The van der Waals surface area contributed by atoms with E-state index in [0.717, 1.165) is 40.5 Å². The number of aromatic nitrogens is 2. The second kappa shape index (κ2) is 9.10. The Balaban J connectivity index is 1.68. The summed E-state index contributed by atoms with van der Waals surface area (Å²) in [5.74, 6) is 0.605. The van der Waals surface area contributed by atoms with Crippen LogP contribution in [0.25, 0.3) is 16.0 Å². The second-order valence-electron chi connectivity index (χ2n) is 7.72. The topological polar surface area (TPSA) is 64.1 Å². The summed E-state index contributed by atoms with van der Waals surface area (Å²) in [5, 5.41) is 6.05. The van der Waals surface area contributed by atoms with Gasteiger partial charge in [0.2, 0.25) is 0 Å². The summed E-state index contributed by atoms with van der Waals surface area (Å²) in [7, 11) is 1.39. The molecule has 0 aromatic carbocycles. The molecular weight excluding hydrogens is 414 g/mol. The second-order valence-corrected chi connectivity index (χ2v) is 9.76. The zero-order valence-corrected chi connectivity index (χ0v) is 19.0. The van der Waals surface area contributed by atoms with E-state index in [-0.39, 0.29) is 0 Å². The molecule has 3 aromatic heterocycles. The molecule has 3 heterocycles. The van der Waals surface area contributed by atoms with Crippen LogP contribution in [-0.2, 0) is 11.2 Å². The van der Waals surface area contributed by atoms with Crippen molar-refractivity contribution in [2.45, 2.75) is 39.5 Å². The quantitative estimate of drug-likeness (QED) is 0.422. The van der Waals surface area contributed by atoms with Crippen LogP contribution < -0.4 is 5.32 Å². The number of thiophene rings is 1. The van der Waals surface area contributed by atoms with E-state index >= 15 is 0 Å². The number of carbonyl (C=O) groups is 1. The van der Waals surface area contributed by atoms with Gasteiger partial charge in [0.15, 0.2) is 5.13 Å². The molecule has 0 unspecified atom stereocenters. The van der Waals surface area contributed by atoms with Gasteiger partial charge in [-0.3, -0.25) is 0 Å². The molecule has 3 aromatic rings. The Bertz CT molecular complexity index is 1070. The molecule has 4 rings (SSSR count). The minimum Gasteiger partial charge on any atom is -0.465 e. The minimum atomic E-state index is -0.416. The van der Waals surface area contributed by atoms with Crippen LogP contribution in [0.3, 0.4) is 0 Å². The molecule has 1 aliphatic carbocycles. The minimum absolute atomic E-state index is 0.408. The SMILES string of the molecule is COC(=O)c1cc(-c2cccs2)cnc1Nc1nc(C2=CCCC2)c(CC(C)C)s1. The highest BCUT2D eigenvalue weighted by Crippen LogP contribution is 2.37. The van der Waals surface area contributed by atoms with Crippen molar-refractivity contribution < 1.29 is 9.53 Å². The Hall–Kier alpha value is -2.51. The molecule has 7 heteroatoms. The molecule has 1 aliphatic rings. The Morgan fingerprint density at radius 1 is 1.37 bits per heavy atom. The van der Waals surface area contributed by atoms with Crippen LogP contribution in [0.4, 0.5) is 10.9 Å². The fourth-order valence-electron chi connectivity index (χ4n) is 3.56. The van der Waals surface area contributed by atoms with E-state index in [2.05, 4.69) is 30.2 Å². The first-order chi connectivity index (χ1) is 14.5. The summed E-state index contributed by atoms with van der Waals surface area (Å²) in [6.07, 6.45) is 8.46. The largest absolute Gasteiger partial charge is 0.465 e. The maximum atomic E-state index is 12.4. The lowest BCUT2D eigenvalue weighted by molar-refractivity contribution is 0.0601. The average molecular weight is 440 g/mol. The molecule has 0 fully saturated rings. The molecule has 0 radical (unpaired) electrons. The van der Waals surface area contributed by atoms with Crippen LogP contribution in [0, 0.1) is 5.92 Å². The van der Waals surface area contributed by atoms with Crippen molar-refractivity contribution in [1.29, 1.82) is 0 Å². The Morgan fingerprint density at radius 2 is 2.23 bits per heavy atom. The summed E-state index contributed by atoms with van der Waals surface area (Å²) in [6.45, 7) is 4.44. The molecular formula is C23H25N3O2S2. The van der Waals surface area contributed by atoms with Crippen LogP contribution in [-0.4, -0.2) is 23.0 Å². The Kier molecular flexibility index (Phi) is 6.29. The van der Waals surface area contributed by atoms with Gasteiger partial charge in [-0.2, -0.15) is 0 Å². The molecule has 0 saturated carbocycles. The van der Waals surface area contributed by atoms with E-state index in [9.17, 15) is 4.79 Å². The van der Waals surface area contributed by atoms with Crippen LogP contribution >= 0.6 is 22.7 Å². The summed E-state index contributed by atoms with van der Waals surface area (Å²) in [4.78, 5) is 24.2. The number of nitrogens with one attached hydrogen (secondary N) is 1. The van der Waals surface area contributed by atoms with E-state index in [1.165, 1.54) is 24.0 Å². The van der Waals surface area contributed by atoms with Crippen molar-refractivity contribution in [2.24, 2.45) is 5.92 Å². The van der Waals surface area contributed by atoms with Crippen LogP contribution in [0.15, 0.2) is 35.9 Å². The van der Waals surface area contributed by atoms with E-state index in [0.29, 0.717) is 17.3 Å². The highest BCUT2D eigenvalue weighted by molar-refractivity contribution is 7.15. The number of nitrogens with zero attached hydrogens (tertiary/aromatic N) is 2. The summed E-state index contributed by atoms with van der Waals surface area (Å²) >= 11 is 3.26. The molecule has 5 nitrogen and oxygen atoms in total. The van der Waals surface area contributed by atoms with Crippen molar-refractivity contribution in [2.75, 3.05) is 12.4 Å². The zero-order chi connectivity index (χ0) is 21.1. The molecule has 156 valence electrons. The summed E-state index contributed by atoms with van der Waals surface area (Å²) in [5.41, 5.74) is 3.74. The molecule has 0 amide bonds. The fraction of sp³-hybridized carbons (Fsp3) is 0.348. The highest BCUT2D eigenvalue weighted by Gasteiger charge is 2.21. The lowest BCUT2D eigenvalue weighted by Crippen LogP contribution is -2.07. The highest BCUT2D eigenvalue weighted by atomic mass is 32.1. The van der Waals surface area contributed by atoms with Gasteiger partial charge in [-0.05, 0) is 54.7 Å². The smallest absolute Gasteiger partial charge is 0.341 e. The van der Waals surface area contributed by atoms with Crippen LogP contribution in [0.2, 0.25) is 0 Å². The van der Waals surface area contributed by atoms with E-state index < -0.39 is 5.97 Å². The summed E-state index contributed by atoms with van der Waals surface area (Å²) < 4.78 is 5.01. The molecule has 30 heavy (non-hydrogen) atoms. The van der Waals surface area contributed by atoms with Crippen molar-refractivity contribution in [3.63, 3.8) is 0 Å². The van der Waals surface area contributed by atoms with Gasteiger partial charge < -0.3 is 10.1 Å². The Morgan fingerprint density at radius 3 is 2.90 bits per heavy atom. The van der Waals surface area contributed by atoms with Gasteiger partial charge in [0.1, 0.15) is 11.4 Å². The van der Waals surface area contributed by atoms with Gasteiger partial charge in [0.05, 0.1) is 12.8 Å². The molecule has 1 N–H and O–H groups in total. The zero-order valence-electron chi connectivity index (χ0n) is 17.4. The summed E-state index contributed by atoms with van der Waals surface area (Å²) in [6, 6.07) is 5.82. The number of anilines is 2. The third-order valence-electron chi connectivity index (χ3n) is 4.96. The molecule has 0 spiro atoms. The molecule has 0 saturated heterocycles. The van der Waals surface area contributed by atoms with Gasteiger partial charge in [-0.25, -0.2) is 14.8 Å². The van der Waals surface area contributed by atoms with E-state index in [1.807, 2.05) is 23.6 Å². The predicted octanol–water partition coefficient (Wildman–Crippen LogP) is 6.56. The van der Waals surface area contributed by atoms with Crippen LogP contribution in [0.1, 0.15) is 54.0 Å². The number of ether oxygens (including phenoxy) is 1. The van der Waals surface area contributed by atoms with Gasteiger partial charge in [0.25, 0.3) is 0 Å². The number of carbonyl (C=O) groups excluding carboxylic acids is 1. The van der Waals surface area contributed by atoms with Gasteiger partial charge in [0, 0.05) is 21.5 Å². The lowest BCUT2D eigenvalue weighted by Gasteiger charge is -2.09. The van der Waals surface area contributed by atoms with Crippen molar-refractivity contribution in [3.8, 4) is 10.4 Å². The van der Waals surface area contributed by atoms with Gasteiger partial charge in [-0.1, -0.05) is 26.0 Å². The predicted molar refractivity (Wildman–Crippen MR) is 125 cm³/mol. The molecule has 0 atom stereocenters. The number of hydrogen-bond acceptors (Lipinski definition) is 7. The Labute approximate surface area is 184 Å². The first kappa shape index (κ1) is 20.8. The standard InChI is InChI=1S/C23H25N3O2S2/c1-14(2)11-19-20(15-7-4-5-8-15)25-23(30-19)26-21-17(22(27)28-3)12-16(13-24-21)18-9-6-10-29-18/h6-7,9-10,12-14H,4-5,8,11H2,1-3H3,(H,24,25,26). The number of hydrogen-bond donors (Lipinski definition) is 1. The van der Waals surface area contributed by atoms with E-state index in [4.69, 9.17) is 9.72 Å². The number of pyridine rings is 1. The first-order valence-corrected chi connectivity index (χ1v) is 11.8. The number of thiazole rings is 1. The van der Waals surface area contributed by atoms with Gasteiger partial charge >= 0.3 is 5.97 Å². The number of esters is 1. The van der Waals surface area contributed by atoms with E-state index in [1.54, 1.807) is 28.9 Å². The maximum Gasteiger partial charge on any atom is 0.341 e. The number of allylic oxidation sites excluding steroid dienone is 2. The lowest BCUT2D eigenvalue weighted by atomic mass is 10.0. The van der Waals surface area contributed by atoms with Gasteiger partial charge in [-0.15, -0.1) is 22.7 Å². The molecule has 0 bridgehead atoms. The number of methoxy groups -OCH3 is 1. The monoisotopic (exact) mass is 439 g/mol. The average Bonchev–Trinajstić information content (AvgIpc) is 3.49. The third kappa shape index (κ3) is 4.47. The first-order valence-electron chi connectivity index (χ1n) is 10.1. The fourth-order valence-corrected chi connectivity index (χ4v) is 5.48. The normalized spacial score (nSPS) is 13.5. The maximum absolute atomic E-state index is 12.4.